The Morgan fingerprint density at radius 3 is 2.52 bits per heavy atom. The summed E-state index contributed by atoms with van der Waals surface area (Å²) in [5, 5.41) is 21.5. The van der Waals surface area contributed by atoms with E-state index in [0.29, 0.717) is 17.1 Å². The van der Waals surface area contributed by atoms with Crippen molar-refractivity contribution in [3.05, 3.63) is 94.3 Å². The van der Waals surface area contributed by atoms with E-state index in [-0.39, 0.29) is 23.3 Å². The van der Waals surface area contributed by atoms with E-state index in [1.165, 1.54) is 37.6 Å². The van der Waals surface area contributed by atoms with Gasteiger partial charge in [0.15, 0.2) is 11.5 Å². The molecular weight excluding hydrogens is 429 g/mol. The van der Waals surface area contributed by atoms with E-state index in [0.717, 1.165) is 11.6 Å². The van der Waals surface area contributed by atoms with Crippen LogP contribution in [0.25, 0.3) is 0 Å². The number of benzene rings is 3. The summed E-state index contributed by atoms with van der Waals surface area (Å²) < 4.78 is 25.0. The van der Waals surface area contributed by atoms with Gasteiger partial charge >= 0.3 is 5.97 Å². The minimum absolute atomic E-state index is 0.110. The molecule has 0 aliphatic heterocycles. The predicted octanol–water partition coefficient (Wildman–Crippen LogP) is 3.75. The van der Waals surface area contributed by atoms with E-state index < -0.39 is 17.7 Å². The van der Waals surface area contributed by atoms with Gasteiger partial charge in [-0.3, -0.25) is 4.79 Å². The summed E-state index contributed by atoms with van der Waals surface area (Å²) in [5.74, 6) is -1.69. The Balaban J connectivity index is 1.63. The van der Waals surface area contributed by atoms with Crippen molar-refractivity contribution < 1.29 is 28.6 Å². The van der Waals surface area contributed by atoms with Crippen LogP contribution in [0.3, 0.4) is 0 Å². The standard InChI is InChI=1S/C24H18FN3O5/c1-32-22-11-17(13-27-28-23(29)19-8-4-16(12-26)10-20(19)25)5-9-21(22)33-14-15-2-6-18(7-3-15)24(30)31/h2-11,13H,14H2,1H3,(H,28,29)(H,30,31)/b27-13+. The van der Waals surface area contributed by atoms with Crippen LogP contribution in [0.5, 0.6) is 11.5 Å². The zero-order valence-corrected chi connectivity index (χ0v) is 17.4. The third-order valence-electron chi connectivity index (χ3n) is 4.51. The fourth-order valence-corrected chi connectivity index (χ4v) is 2.78. The third-order valence-corrected chi connectivity index (χ3v) is 4.51. The molecule has 0 spiro atoms. The maximum absolute atomic E-state index is 13.9. The van der Waals surface area contributed by atoms with Gasteiger partial charge in [-0.15, -0.1) is 0 Å². The number of hydrazone groups is 1. The molecule has 0 aliphatic rings. The van der Waals surface area contributed by atoms with Gasteiger partial charge in [-0.25, -0.2) is 14.6 Å². The van der Waals surface area contributed by atoms with Crippen molar-refractivity contribution in [3.63, 3.8) is 0 Å². The van der Waals surface area contributed by atoms with Crippen LogP contribution < -0.4 is 14.9 Å². The molecule has 166 valence electrons. The van der Waals surface area contributed by atoms with Crippen molar-refractivity contribution in [2.75, 3.05) is 7.11 Å². The van der Waals surface area contributed by atoms with Gasteiger partial charge in [-0.2, -0.15) is 10.4 Å². The highest BCUT2D eigenvalue weighted by Gasteiger charge is 2.12. The molecule has 0 heterocycles. The molecule has 0 unspecified atom stereocenters. The fraction of sp³-hybridized carbons (Fsp3) is 0.0833. The van der Waals surface area contributed by atoms with Gasteiger partial charge in [0, 0.05) is 0 Å². The predicted molar refractivity (Wildman–Crippen MR) is 117 cm³/mol. The number of ether oxygens (including phenoxy) is 2. The molecule has 1 amide bonds. The Morgan fingerprint density at radius 1 is 1.12 bits per heavy atom. The summed E-state index contributed by atoms with van der Waals surface area (Å²) in [6.07, 6.45) is 1.36. The van der Waals surface area contributed by atoms with Gasteiger partial charge in [0.05, 0.1) is 36.1 Å². The number of carbonyl (C=O) groups is 2. The highest BCUT2D eigenvalue weighted by Crippen LogP contribution is 2.28. The Kier molecular flexibility index (Phi) is 7.34. The molecule has 3 aromatic carbocycles. The number of halogens is 1. The van der Waals surface area contributed by atoms with Gasteiger partial charge in [-0.05, 0) is 59.7 Å². The van der Waals surface area contributed by atoms with Crippen molar-refractivity contribution in [3.8, 4) is 17.6 Å². The Bertz CT molecular complexity index is 1250. The van der Waals surface area contributed by atoms with Crippen molar-refractivity contribution in [2.24, 2.45) is 5.10 Å². The van der Waals surface area contributed by atoms with Gasteiger partial charge in [0.25, 0.3) is 5.91 Å². The monoisotopic (exact) mass is 447 g/mol. The summed E-state index contributed by atoms with van der Waals surface area (Å²) >= 11 is 0. The molecule has 33 heavy (non-hydrogen) atoms. The lowest BCUT2D eigenvalue weighted by molar-refractivity contribution is 0.0696. The van der Waals surface area contributed by atoms with Crippen LogP contribution in [0.1, 0.15) is 37.4 Å². The molecule has 9 heteroatoms. The molecule has 2 N–H and O–H groups in total. The summed E-state index contributed by atoms with van der Waals surface area (Å²) in [6.45, 7) is 0.204. The smallest absolute Gasteiger partial charge is 0.335 e. The van der Waals surface area contributed by atoms with E-state index in [2.05, 4.69) is 10.5 Å². The maximum Gasteiger partial charge on any atom is 0.335 e. The van der Waals surface area contributed by atoms with Crippen molar-refractivity contribution >= 4 is 18.1 Å². The Hall–Kier alpha value is -4.71. The van der Waals surface area contributed by atoms with Crippen LogP contribution in [-0.4, -0.2) is 30.3 Å². The second-order valence-electron chi connectivity index (χ2n) is 6.71. The second-order valence-corrected chi connectivity index (χ2v) is 6.71. The minimum atomic E-state index is -1.00. The molecule has 0 aromatic heterocycles. The first-order chi connectivity index (χ1) is 15.9. The van der Waals surface area contributed by atoms with Crippen LogP contribution in [0.15, 0.2) is 65.8 Å². The number of methoxy groups -OCH3 is 1. The molecule has 0 fully saturated rings. The minimum Gasteiger partial charge on any atom is -0.493 e. The van der Waals surface area contributed by atoms with Gasteiger partial charge in [0.2, 0.25) is 0 Å². The average Bonchev–Trinajstić information content (AvgIpc) is 2.83. The third kappa shape index (κ3) is 5.92. The number of nitrogens with zero attached hydrogens (tertiary/aromatic N) is 2. The zero-order chi connectivity index (χ0) is 23.8. The molecular formula is C24H18FN3O5. The summed E-state index contributed by atoms with van der Waals surface area (Å²) in [4.78, 5) is 23.0. The van der Waals surface area contributed by atoms with Crippen molar-refractivity contribution in [1.29, 1.82) is 5.26 Å². The fourth-order valence-electron chi connectivity index (χ4n) is 2.78. The van der Waals surface area contributed by atoms with E-state index >= 15 is 0 Å². The molecule has 0 atom stereocenters. The number of aromatic carboxylic acids is 1. The quantitative estimate of drug-likeness (QED) is 0.401. The average molecular weight is 447 g/mol. The molecule has 3 rings (SSSR count). The molecule has 0 saturated heterocycles. The first kappa shape index (κ1) is 23.0. The second kappa shape index (κ2) is 10.5. The Labute approximate surface area is 188 Å². The van der Waals surface area contributed by atoms with Crippen LogP contribution in [0.2, 0.25) is 0 Å². The van der Waals surface area contributed by atoms with E-state index in [9.17, 15) is 14.0 Å². The number of amides is 1. The van der Waals surface area contributed by atoms with Gasteiger partial charge in [-0.1, -0.05) is 12.1 Å². The van der Waals surface area contributed by atoms with E-state index in [1.807, 2.05) is 0 Å². The van der Waals surface area contributed by atoms with E-state index in [4.69, 9.17) is 19.8 Å². The zero-order valence-electron chi connectivity index (χ0n) is 17.4. The van der Waals surface area contributed by atoms with Crippen molar-refractivity contribution in [1.82, 2.24) is 5.43 Å². The first-order valence-corrected chi connectivity index (χ1v) is 9.57. The Morgan fingerprint density at radius 2 is 1.88 bits per heavy atom. The summed E-state index contributed by atoms with van der Waals surface area (Å²) in [5.41, 5.74) is 3.67. The van der Waals surface area contributed by atoms with Gasteiger partial charge in [0.1, 0.15) is 12.4 Å². The topological polar surface area (TPSA) is 121 Å². The number of nitrogens with one attached hydrogen (secondary N) is 1. The number of carbonyl (C=O) groups excluding carboxylic acids is 1. The molecule has 0 aliphatic carbocycles. The highest BCUT2D eigenvalue weighted by molar-refractivity contribution is 5.95. The molecule has 3 aromatic rings. The van der Waals surface area contributed by atoms with Crippen LogP contribution in [0, 0.1) is 17.1 Å². The van der Waals surface area contributed by atoms with Crippen LogP contribution >= 0.6 is 0 Å². The number of carboxylic acids is 1. The largest absolute Gasteiger partial charge is 0.493 e. The number of carboxylic acid groups (broad SMARTS) is 1. The van der Waals surface area contributed by atoms with Crippen LogP contribution in [0.4, 0.5) is 4.39 Å². The van der Waals surface area contributed by atoms with Crippen LogP contribution in [-0.2, 0) is 6.61 Å². The number of rotatable bonds is 8. The highest BCUT2D eigenvalue weighted by atomic mass is 19.1. The first-order valence-electron chi connectivity index (χ1n) is 9.57. The lowest BCUT2D eigenvalue weighted by Gasteiger charge is -2.11. The SMILES string of the molecule is COc1cc(/C=N/NC(=O)c2ccc(C#N)cc2F)ccc1OCc1ccc(C(=O)O)cc1. The lowest BCUT2D eigenvalue weighted by atomic mass is 10.1. The van der Waals surface area contributed by atoms with E-state index in [1.54, 1.807) is 36.4 Å². The molecule has 0 saturated carbocycles. The maximum atomic E-state index is 13.9. The normalized spacial score (nSPS) is 10.5. The lowest BCUT2D eigenvalue weighted by Crippen LogP contribution is -2.19. The molecule has 0 radical (unpaired) electrons. The number of nitriles is 1. The number of hydrogen-bond donors (Lipinski definition) is 2. The van der Waals surface area contributed by atoms with Crippen molar-refractivity contribution in [2.45, 2.75) is 6.61 Å². The number of hydrogen-bond acceptors (Lipinski definition) is 6. The summed E-state index contributed by atoms with van der Waals surface area (Å²) in [6, 6.07) is 16.6. The molecule has 8 nitrogen and oxygen atoms in total. The summed E-state index contributed by atoms with van der Waals surface area (Å²) in [7, 11) is 1.47. The molecule has 0 bridgehead atoms. The van der Waals surface area contributed by atoms with Gasteiger partial charge < -0.3 is 14.6 Å².